The first-order valence-corrected chi connectivity index (χ1v) is 6.04. The summed E-state index contributed by atoms with van der Waals surface area (Å²) >= 11 is 0. The van der Waals surface area contributed by atoms with Gasteiger partial charge in [0.1, 0.15) is 0 Å². The molecule has 0 amide bonds. The van der Waals surface area contributed by atoms with Crippen molar-refractivity contribution >= 4 is 5.57 Å². The van der Waals surface area contributed by atoms with Crippen LogP contribution in [-0.4, -0.2) is 0 Å². The lowest BCUT2D eigenvalue weighted by Crippen LogP contribution is -2.16. The average molecular weight is 229 g/mol. The number of benzene rings is 1. The van der Waals surface area contributed by atoms with Crippen molar-refractivity contribution in [3.05, 3.63) is 54.2 Å². The molecule has 1 aromatic rings. The van der Waals surface area contributed by atoms with Crippen LogP contribution in [0.5, 0.6) is 0 Å². The Bertz CT molecular complexity index is 421. The number of rotatable bonds is 3. The van der Waals surface area contributed by atoms with Crippen molar-refractivity contribution in [2.24, 2.45) is 11.1 Å². The molecule has 0 aliphatic heterocycles. The van der Waals surface area contributed by atoms with E-state index in [-0.39, 0.29) is 5.41 Å². The molecule has 2 N–H and O–H groups in total. The van der Waals surface area contributed by atoms with Crippen LogP contribution in [0.4, 0.5) is 0 Å². The van der Waals surface area contributed by atoms with Gasteiger partial charge in [0.05, 0.1) is 0 Å². The number of allylic oxidation sites excluding steroid dienone is 2. The van der Waals surface area contributed by atoms with Crippen LogP contribution in [0.3, 0.4) is 0 Å². The lowest BCUT2D eigenvalue weighted by molar-refractivity contribution is 0.339. The van der Waals surface area contributed by atoms with Gasteiger partial charge < -0.3 is 5.73 Å². The number of hydrogen-bond acceptors (Lipinski definition) is 1. The van der Waals surface area contributed by atoms with Crippen molar-refractivity contribution < 1.29 is 0 Å². The molecule has 0 fully saturated rings. The molecule has 0 radical (unpaired) electrons. The molecule has 0 spiro atoms. The molecule has 17 heavy (non-hydrogen) atoms. The van der Waals surface area contributed by atoms with Gasteiger partial charge in [-0.2, -0.15) is 0 Å². The molecule has 1 atom stereocenters. The summed E-state index contributed by atoms with van der Waals surface area (Å²) in [5, 5.41) is 0. The third-order valence-corrected chi connectivity index (χ3v) is 3.37. The largest absolute Gasteiger partial charge is 0.405 e. The summed E-state index contributed by atoms with van der Waals surface area (Å²) in [6, 6.07) is 8.42. The quantitative estimate of drug-likeness (QED) is 0.767. The highest BCUT2D eigenvalue weighted by Crippen LogP contribution is 2.37. The van der Waals surface area contributed by atoms with Gasteiger partial charge in [0.15, 0.2) is 0 Å². The summed E-state index contributed by atoms with van der Waals surface area (Å²) in [6.07, 6.45) is 3.40. The first-order valence-electron chi connectivity index (χ1n) is 6.04. The Morgan fingerprint density at radius 1 is 1.29 bits per heavy atom. The minimum absolute atomic E-state index is 0.239. The molecule has 1 aromatic carbocycles. The van der Waals surface area contributed by atoms with Crippen LogP contribution in [0.15, 0.2) is 43.1 Å². The van der Waals surface area contributed by atoms with Crippen LogP contribution < -0.4 is 5.73 Å². The highest BCUT2D eigenvalue weighted by molar-refractivity contribution is 5.74. The van der Waals surface area contributed by atoms with E-state index in [1.54, 1.807) is 6.20 Å². The third-order valence-electron chi connectivity index (χ3n) is 3.37. The fourth-order valence-corrected chi connectivity index (χ4v) is 1.84. The first-order chi connectivity index (χ1) is 7.88. The lowest BCUT2D eigenvalue weighted by Gasteiger charge is -2.29. The van der Waals surface area contributed by atoms with E-state index in [2.05, 4.69) is 52.5 Å². The maximum Gasteiger partial charge on any atom is -0.00564 e. The second-order valence-corrected chi connectivity index (χ2v) is 5.56. The molecular formula is C16H23N. The third kappa shape index (κ3) is 3.23. The van der Waals surface area contributed by atoms with E-state index < -0.39 is 0 Å². The van der Waals surface area contributed by atoms with E-state index in [1.807, 2.05) is 12.1 Å². The minimum Gasteiger partial charge on any atom is -0.405 e. The van der Waals surface area contributed by atoms with Gasteiger partial charge >= 0.3 is 0 Å². The molecule has 0 aromatic heterocycles. The molecule has 1 rings (SSSR count). The van der Waals surface area contributed by atoms with Crippen molar-refractivity contribution in [1.29, 1.82) is 0 Å². The SMILES string of the molecule is C=C(/C=C\N)c1ccccc1C(C)C(C)(C)C. The van der Waals surface area contributed by atoms with E-state index in [0.717, 1.165) is 5.57 Å². The van der Waals surface area contributed by atoms with Crippen molar-refractivity contribution in [2.45, 2.75) is 33.6 Å². The molecule has 1 nitrogen and oxygen atoms in total. The Morgan fingerprint density at radius 2 is 1.88 bits per heavy atom. The predicted octanol–water partition coefficient (Wildman–Crippen LogP) is 4.32. The molecule has 0 saturated carbocycles. The minimum atomic E-state index is 0.239. The number of hydrogen-bond donors (Lipinski definition) is 1. The van der Waals surface area contributed by atoms with Gasteiger partial charge in [-0.15, -0.1) is 0 Å². The monoisotopic (exact) mass is 229 g/mol. The number of nitrogens with two attached hydrogens (primary N) is 1. The van der Waals surface area contributed by atoms with E-state index in [0.29, 0.717) is 5.92 Å². The van der Waals surface area contributed by atoms with Crippen LogP contribution in [-0.2, 0) is 0 Å². The van der Waals surface area contributed by atoms with Crippen molar-refractivity contribution in [3.8, 4) is 0 Å². The Labute approximate surface area is 105 Å². The Hall–Kier alpha value is -1.50. The topological polar surface area (TPSA) is 26.0 Å². The van der Waals surface area contributed by atoms with Crippen molar-refractivity contribution in [2.75, 3.05) is 0 Å². The Balaban J connectivity index is 3.21. The summed E-state index contributed by atoms with van der Waals surface area (Å²) in [5.74, 6) is 0.474. The van der Waals surface area contributed by atoms with Crippen LogP contribution in [0.2, 0.25) is 0 Å². The molecule has 0 aliphatic carbocycles. The average Bonchev–Trinajstić information content (AvgIpc) is 2.27. The highest BCUT2D eigenvalue weighted by atomic mass is 14.5. The molecular weight excluding hydrogens is 206 g/mol. The predicted molar refractivity (Wildman–Crippen MR) is 76.7 cm³/mol. The fraction of sp³-hybridized carbons (Fsp3) is 0.375. The Kier molecular flexibility index (Phi) is 4.17. The molecule has 1 heteroatoms. The van der Waals surface area contributed by atoms with E-state index in [1.165, 1.54) is 11.1 Å². The van der Waals surface area contributed by atoms with Gasteiger partial charge in [-0.05, 0) is 40.3 Å². The summed E-state index contributed by atoms with van der Waals surface area (Å²) in [7, 11) is 0. The van der Waals surface area contributed by atoms with E-state index in [4.69, 9.17) is 5.73 Å². The molecule has 92 valence electrons. The molecule has 1 unspecified atom stereocenters. The summed E-state index contributed by atoms with van der Waals surface area (Å²) in [4.78, 5) is 0. The van der Waals surface area contributed by atoms with Crippen LogP contribution in [0, 0.1) is 5.41 Å². The van der Waals surface area contributed by atoms with Crippen molar-refractivity contribution in [3.63, 3.8) is 0 Å². The summed E-state index contributed by atoms with van der Waals surface area (Å²) in [6.45, 7) is 13.1. The molecule has 0 aliphatic rings. The van der Waals surface area contributed by atoms with Crippen LogP contribution >= 0.6 is 0 Å². The maximum absolute atomic E-state index is 5.44. The lowest BCUT2D eigenvalue weighted by atomic mass is 9.75. The van der Waals surface area contributed by atoms with E-state index in [9.17, 15) is 0 Å². The zero-order valence-corrected chi connectivity index (χ0v) is 11.3. The molecule has 0 bridgehead atoms. The van der Waals surface area contributed by atoms with Crippen LogP contribution in [0.25, 0.3) is 5.57 Å². The maximum atomic E-state index is 5.44. The molecule has 0 saturated heterocycles. The smallest absolute Gasteiger partial charge is 0.00564 e. The standard InChI is InChI=1S/C16H23N/c1-12(10-11-17)14-8-6-7-9-15(14)13(2)16(3,4)5/h6-11,13H,1,17H2,2-5H3/b11-10-. The summed E-state index contributed by atoms with van der Waals surface area (Å²) in [5.41, 5.74) is 9.18. The van der Waals surface area contributed by atoms with Crippen molar-refractivity contribution in [1.82, 2.24) is 0 Å². The van der Waals surface area contributed by atoms with Crippen LogP contribution in [0.1, 0.15) is 44.7 Å². The van der Waals surface area contributed by atoms with E-state index >= 15 is 0 Å². The Morgan fingerprint density at radius 3 is 2.41 bits per heavy atom. The molecule has 0 heterocycles. The van der Waals surface area contributed by atoms with Gasteiger partial charge in [0, 0.05) is 0 Å². The van der Waals surface area contributed by atoms with Gasteiger partial charge in [-0.3, -0.25) is 0 Å². The highest BCUT2D eigenvalue weighted by Gasteiger charge is 2.23. The normalized spacial score (nSPS) is 13.9. The summed E-state index contributed by atoms with van der Waals surface area (Å²) < 4.78 is 0. The zero-order valence-electron chi connectivity index (χ0n) is 11.3. The van der Waals surface area contributed by atoms with Gasteiger partial charge in [0.25, 0.3) is 0 Å². The van der Waals surface area contributed by atoms with Gasteiger partial charge in [-0.25, -0.2) is 0 Å². The van der Waals surface area contributed by atoms with Gasteiger partial charge in [0.2, 0.25) is 0 Å². The zero-order chi connectivity index (χ0) is 13.1. The van der Waals surface area contributed by atoms with Gasteiger partial charge in [-0.1, -0.05) is 58.5 Å². The second kappa shape index (κ2) is 5.22. The fourth-order valence-electron chi connectivity index (χ4n) is 1.84. The first kappa shape index (κ1) is 13.6. The second-order valence-electron chi connectivity index (χ2n) is 5.56.